The number of nitrogens with one attached hydrogen (secondary N) is 3. The third-order valence-corrected chi connectivity index (χ3v) is 6.33. The maximum atomic E-state index is 13.8. The number of alkyl halides is 3. The Morgan fingerprint density at radius 2 is 2.03 bits per heavy atom. The molecule has 0 saturated carbocycles. The van der Waals surface area contributed by atoms with Gasteiger partial charge in [0.2, 0.25) is 5.95 Å². The molecule has 0 radical (unpaired) electrons. The zero-order valence-electron chi connectivity index (χ0n) is 17.9. The van der Waals surface area contributed by atoms with Crippen molar-refractivity contribution in [3.63, 3.8) is 0 Å². The van der Waals surface area contributed by atoms with Gasteiger partial charge in [0.1, 0.15) is 11.1 Å². The zero-order valence-corrected chi connectivity index (χ0v) is 17.9. The van der Waals surface area contributed by atoms with Gasteiger partial charge in [-0.1, -0.05) is 0 Å². The van der Waals surface area contributed by atoms with Gasteiger partial charge in [-0.3, -0.25) is 4.79 Å². The molecule has 5 heterocycles. The van der Waals surface area contributed by atoms with Gasteiger partial charge in [-0.2, -0.15) is 13.2 Å². The molecule has 2 aliphatic rings. The van der Waals surface area contributed by atoms with E-state index in [9.17, 15) is 18.0 Å². The van der Waals surface area contributed by atoms with Crippen molar-refractivity contribution in [1.82, 2.24) is 24.8 Å². The molecule has 3 aromatic heterocycles. The Labute approximate surface area is 187 Å². The first-order chi connectivity index (χ1) is 15.9. The highest BCUT2D eigenvalue weighted by Crippen LogP contribution is 2.38. The van der Waals surface area contributed by atoms with Crippen LogP contribution in [-0.2, 0) is 10.9 Å². The normalized spacial score (nSPS) is 20.3. The summed E-state index contributed by atoms with van der Waals surface area (Å²) in [4.78, 5) is 24.2. The first kappa shape index (κ1) is 21.9. The van der Waals surface area contributed by atoms with Crippen molar-refractivity contribution in [3.8, 4) is 11.3 Å². The Morgan fingerprint density at radius 3 is 2.76 bits per heavy atom. The average Bonchev–Trinajstić information content (AvgIpc) is 3.25. The first-order valence-electron chi connectivity index (χ1n) is 11.1. The number of hydrogen-bond acceptors (Lipinski definition) is 6. The Bertz CT molecular complexity index is 1190. The number of fused-ring (bicyclic) bond motifs is 1. The number of anilines is 1. The average molecular weight is 462 g/mol. The monoisotopic (exact) mass is 462 g/mol. The highest BCUT2D eigenvalue weighted by atomic mass is 19.4. The molecule has 5 rings (SSSR count). The van der Waals surface area contributed by atoms with E-state index in [1.54, 1.807) is 16.8 Å². The van der Waals surface area contributed by atoms with E-state index in [-0.39, 0.29) is 40.4 Å². The fourth-order valence-corrected chi connectivity index (χ4v) is 4.60. The minimum atomic E-state index is -4.64. The maximum Gasteiger partial charge on any atom is 0.419 e. The van der Waals surface area contributed by atoms with Gasteiger partial charge < -0.3 is 24.9 Å². The van der Waals surface area contributed by atoms with Gasteiger partial charge in [0.25, 0.3) is 5.56 Å². The van der Waals surface area contributed by atoms with Crippen LogP contribution in [0.2, 0.25) is 0 Å². The molecular weight excluding hydrogens is 437 g/mol. The van der Waals surface area contributed by atoms with Crippen molar-refractivity contribution in [3.05, 3.63) is 40.6 Å². The molecule has 2 aliphatic heterocycles. The molecule has 0 amide bonds. The van der Waals surface area contributed by atoms with Crippen molar-refractivity contribution < 1.29 is 17.9 Å². The van der Waals surface area contributed by atoms with Crippen molar-refractivity contribution in [2.75, 3.05) is 31.6 Å². The molecular formula is C22H25F3N6O2. The van der Waals surface area contributed by atoms with Crippen LogP contribution in [0.15, 0.2) is 29.5 Å². The van der Waals surface area contributed by atoms with Gasteiger partial charge in [0, 0.05) is 61.4 Å². The molecule has 1 atom stereocenters. The summed E-state index contributed by atoms with van der Waals surface area (Å²) in [5.74, 6) is 0.136. The predicted molar refractivity (Wildman–Crippen MR) is 117 cm³/mol. The van der Waals surface area contributed by atoms with Crippen molar-refractivity contribution >= 4 is 16.9 Å². The van der Waals surface area contributed by atoms with Gasteiger partial charge in [0.05, 0.1) is 5.69 Å². The number of pyridine rings is 1. The number of aromatic nitrogens is 4. The summed E-state index contributed by atoms with van der Waals surface area (Å²) in [6.45, 7) is 2.76. The highest BCUT2D eigenvalue weighted by Gasteiger charge is 2.36. The molecule has 0 bridgehead atoms. The number of rotatable bonds is 4. The van der Waals surface area contributed by atoms with Crippen molar-refractivity contribution in [1.29, 1.82) is 0 Å². The number of H-pyrrole nitrogens is 1. The fourth-order valence-electron chi connectivity index (χ4n) is 4.60. The van der Waals surface area contributed by atoms with Gasteiger partial charge in [-0.15, -0.1) is 0 Å². The molecule has 2 fully saturated rings. The van der Waals surface area contributed by atoms with Crippen LogP contribution in [0.4, 0.5) is 19.1 Å². The molecule has 0 unspecified atom stereocenters. The first-order valence-corrected chi connectivity index (χ1v) is 11.1. The Kier molecular flexibility index (Phi) is 5.83. The molecule has 0 aromatic carbocycles. The fraction of sp³-hybridized carbons (Fsp3) is 0.500. The summed E-state index contributed by atoms with van der Waals surface area (Å²) in [5.41, 5.74) is -0.972. The number of piperidine rings is 1. The van der Waals surface area contributed by atoms with Crippen LogP contribution in [0.25, 0.3) is 22.2 Å². The number of halogens is 3. The lowest BCUT2D eigenvalue weighted by Gasteiger charge is -2.24. The molecule has 0 aliphatic carbocycles. The summed E-state index contributed by atoms with van der Waals surface area (Å²) in [6.07, 6.45) is 2.52. The number of hydrogen-bond donors (Lipinski definition) is 3. The van der Waals surface area contributed by atoms with Crippen molar-refractivity contribution in [2.45, 2.75) is 43.9 Å². The van der Waals surface area contributed by atoms with Crippen LogP contribution < -0.4 is 16.2 Å². The van der Waals surface area contributed by atoms with E-state index in [1.807, 2.05) is 0 Å². The summed E-state index contributed by atoms with van der Waals surface area (Å²) in [5, 5.41) is 6.78. The zero-order chi connectivity index (χ0) is 23.0. The lowest BCUT2D eigenvalue weighted by molar-refractivity contribution is -0.137. The number of aromatic amines is 1. The van der Waals surface area contributed by atoms with E-state index in [0.717, 1.165) is 25.6 Å². The lowest BCUT2D eigenvalue weighted by atomic mass is 10.1. The van der Waals surface area contributed by atoms with E-state index >= 15 is 0 Å². The van der Waals surface area contributed by atoms with Gasteiger partial charge in [-0.25, -0.2) is 9.97 Å². The van der Waals surface area contributed by atoms with E-state index in [0.29, 0.717) is 38.0 Å². The highest BCUT2D eigenvalue weighted by molar-refractivity contribution is 5.95. The quantitative estimate of drug-likeness (QED) is 0.551. The van der Waals surface area contributed by atoms with Gasteiger partial charge in [-0.05, 0) is 38.3 Å². The minimum absolute atomic E-state index is 0.00657. The van der Waals surface area contributed by atoms with Crippen LogP contribution in [-0.4, -0.2) is 51.9 Å². The van der Waals surface area contributed by atoms with Crippen LogP contribution in [0, 0.1) is 0 Å². The second kappa shape index (κ2) is 8.79. The molecule has 3 N–H and O–H groups in total. The molecule has 8 nitrogen and oxygen atoms in total. The Hall–Kier alpha value is -2.92. The van der Waals surface area contributed by atoms with Gasteiger partial charge in [0.15, 0.2) is 0 Å². The third-order valence-electron chi connectivity index (χ3n) is 6.33. The molecule has 33 heavy (non-hydrogen) atoms. The number of nitrogens with zero attached hydrogens (tertiary/aromatic N) is 3. The second-order valence-electron chi connectivity index (χ2n) is 8.50. The van der Waals surface area contributed by atoms with Crippen molar-refractivity contribution in [2.24, 2.45) is 0 Å². The Morgan fingerprint density at radius 1 is 1.21 bits per heavy atom. The smallest absolute Gasteiger partial charge is 0.381 e. The molecule has 0 spiro atoms. The van der Waals surface area contributed by atoms with Crippen LogP contribution in [0.5, 0.6) is 0 Å². The molecule has 11 heteroatoms. The van der Waals surface area contributed by atoms with Crippen LogP contribution in [0.1, 0.15) is 37.3 Å². The Balaban J connectivity index is 1.56. The summed E-state index contributed by atoms with van der Waals surface area (Å²) < 4.78 is 48.5. The summed E-state index contributed by atoms with van der Waals surface area (Å²) >= 11 is 0. The van der Waals surface area contributed by atoms with E-state index < -0.39 is 11.7 Å². The lowest BCUT2D eigenvalue weighted by Crippen LogP contribution is -2.38. The van der Waals surface area contributed by atoms with E-state index in [2.05, 4.69) is 25.6 Å². The van der Waals surface area contributed by atoms with Crippen LogP contribution in [0.3, 0.4) is 0 Å². The largest absolute Gasteiger partial charge is 0.419 e. The van der Waals surface area contributed by atoms with Gasteiger partial charge >= 0.3 is 6.18 Å². The standard InChI is InChI=1S/C22H25F3N6O2/c23-22(24,25)17-12-28-21(29-13-2-1-6-26-10-13)30-18(17)16-11-27-19-15(16)3-7-31(20(19)32)14-4-8-33-9-5-14/h3,7,11-14,26-27H,1-2,4-6,8-10H2,(H,28,29,30)/t13-/m0/s1. The van der Waals surface area contributed by atoms with E-state index in [1.165, 1.54) is 6.20 Å². The topological polar surface area (TPSA) is 96.9 Å². The van der Waals surface area contributed by atoms with E-state index in [4.69, 9.17) is 4.74 Å². The minimum Gasteiger partial charge on any atom is -0.381 e. The SMILES string of the molecule is O=c1c2[nH]cc(-c3nc(N[C@H]4CCCNC4)ncc3C(F)(F)F)c2ccn1C1CCOCC1. The molecule has 176 valence electrons. The van der Waals surface area contributed by atoms with Crippen LogP contribution >= 0.6 is 0 Å². The second-order valence-corrected chi connectivity index (χ2v) is 8.50. The molecule has 2 saturated heterocycles. The summed E-state index contributed by atoms with van der Waals surface area (Å²) in [6, 6.07) is 1.73. The predicted octanol–water partition coefficient (Wildman–Crippen LogP) is 3.32. The third kappa shape index (κ3) is 4.34. The maximum absolute atomic E-state index is 13.8. The number of ether oxygens (including phenoxy) is 1. The molecule has 3 aromatic rings. The summed E-state index contributed by atoms with van der Waals surface area (Å²) in [7, 11) is 0.